The molecule has 6 nitrogen and oxygen atoms in total. The first-order valence-corrected chi connectivity index (χ1v) is 7.41. The maximum atomic E-state index is 6.02. The second-order valence-corrected chi connectivity index (χ2v) is 5.07. The molecule has 0 spiro atoms. The largest absolute Gasteiger partial charge is 0.475 e. The smallest absolute Gasteiger partial charge is 0.213 e. The number of piperidine rings is 1. The Bertz CT molecular complexity index is 447. The van der Waals surface area contributed by atoms with Gasteiger partial charge < -0.3 is 20.1 Å². The summed E-state index contributed by atoms with van der Waals surface area (Å²) < 4.78 is 10.3. The number of ether oxygens (including phenoxy) is 2. The van der Waals surface area contributed by atoms with Crippen molar-refractivity contribution in [3.63, 3.8) is 0 Å². The van der Waals surface area contributed by atoms with E-state index in [1.807, 2.05) is 12.1 Å². The maximum absolute atomic E-state index is 6.02. The fraction of sp³-hybridized carbons (Fsp3) is 0.600. The van der Waals surface area contributed by atoms with Crippen LogP contribution in [0.5, 0.6) is 5.88 Å². The number of aromatic nitrogens is 1. The third-order valence-corrected chi connectivity index (χ3v) is 3.44. The number of guanidine groups is 1. The molecule has 2 N–H and O–H groups in total. The van der Waals surface area contributed by atoms with Crippen LogP contribution in [0.25, 0.3) is 0 Å². The topological polar surface area (TPSA) is 73.0 Å². The van der Waals surface area contributed by atoms with Crippen molar-refractivity contribution in [2.24, 2.45) is 10.7 Å². The molecule has 0 atom stereocenters. The van der Waals surface area contributed by atoms with Gasteiger partial charge in [-0.25, -0.2) is 9.98 Å². The van der Waals surface area contributed by atoms with E-state index in [9.17, 15) is 0 Å². The lowest BCUT2D eigenvalue weighted by Crippen LogP contribution is -2.40. The highest BCUT2D eigenvalue weighted by Gasteiger charge is 2.11. The van der Waals surface area contributed by atoms with E-state index in [0.717, 1.165) is 18.7 Å². The Labute approximate surface area is 149 Å². The van der Waals surface area contributed by atoms with Crippen LogP contribution in [0.15, 0.2) is 23.3 Å². The molecular formula is C15H25IN4O2. The third kappa shape index (κ3) is 6.35. The van der Waals surface area contributed by atoms with Crippen LogP contribution < -0.4 is 10.5 Å². The van der Waals surface area contributed by atoms with Crippen molar-refractivity contribution in [2.75, 3.05) is 33.4 Å². The van der Waals surface area contributed by atoms with E-state index in [1.54, 1.807) is 13.3 Å². The molecule has 0 radical (unpaired) electrons. The molecule has 1 fully saturated rings. The van der Waals surface area contributed by atoms with Gasteiger partial charge >= 0.3 is 0 Å². The Morgan fingerprint density at radius 1 is 1.27 bits per heavy atom. The Hall–Kier alpha value is -1.09. The van der Waals surface area contributed by atoms with Crippen LogP contribution in [0.1, 0.15) is 24.8 Å². The zero-order chi connectivity index (χ0) is 14.9. The van der Waals surface area contributed by atoms with Crippen LogP contribution in [0.2, 0.25) is 0 Å². The first-order valence-electron chi connectivity index (χ1n) is 7.41. The molecule has 1 aromatic rings. The number of hydrogen-bond donors (Lipinski definition) is 1. The Morgan fingerprint density at radius 3 is 2.68 bits per heavy atom. The Kier molecular flexibility index (Phi) is 9.14. The number of nitrogens with two attached hydrogens (primary N) is 1. The molecule has 124 valence electrons. The fourth-order valence-electron chi connectivity index (χ4n) is 2.21. The lowest BCUT2D eigenvalue weighted by molar-refractivity contribution is 0.143. The van der Waals surface area contributed by atoms with Crippen LogP contribution in [0.3, 0.4) is 0 Å². The first-order chi connectivity index (χ1) is 10.3. The highest BCUT2D eigenvalue weighted by Crippen LogP contribution is 2.10. The summed E-state index contributed by atoms with van der Waals surface area (Å²) in [7, 11) is 1.64. The molecule has 2 rings (SSSR count). The second kappa shape index (κ2) is 10.6. The highest BCUT2D eigenvalue weighted by molar-refractivity contribution is 14.0. The standard InChI is InChI=1S/C15H24N4O2.HI/c1-20-9-10-21-14-6-5-13(11-17-14)12-18-15(16)19-7-3-2-4-8-19;/h5-6,11H,2-4,7-10,12H2,1H3,(H2,16,18);1H. The Morgan fingerprint density at radius 2 is 2.05 bits per heavy atom. The van der Waals surface area contributed by atoms with Crippen molar-refractivity contribution < 1.29 is 9.47 Å². The molecule has 0 aromatic carbocycles. The number of aliphatic imine (C=N–C) groups is 1. The number of methoxy groups -OCH3 is 1. The minimum atomic E-state index is 0. The summed E-state index contributed by atoms with van der Waals surface area (Å²) in [5, 5.41) is 0. The summed E-state index contributed by atoms with van der Waals surface area (Å²) in [5.41, 5.74) is 7.05. The normalized spacial score (nSPS) is 15.3. The van der Waals surface area contributed by atoms with Gasteiger partial charge in [-0.1, -0.05) is 6.07 Å². The van der Waals surface area contributed by atoms with Gasteiger partial charge in [-0.3, -0.25) is 0 Å². The molecular weight excluding hydrogens is 395 g/mol. The third-order valence-electron chi connectivity index (χ3n) is 3.44. The predicted octanol–water partition coefficient (Wildman–Crippen LogP) is 2.03. The monoisotopic (exact) mass is 420 g/mol. The molecule has 0 amide bonds. The first kappa shape index (κ1) is 19.0. The van der Waals surface area contributed by atoms with Crippen LogP contribution in [-0.2, 0) is 11.3 Å². The molecule has 0 saturated carbocycles. The summed E-state index contributed by atoms with van der Waals surface area (Å²) in [5.74, 6) is 1.24. The van der Waals surface area contributed by atoms with Crippen molar-refractivity contribution in [3.8, 4) is 5.88 Å². The number of hydrogen-bond acceptors (Lipinski definition) is 4. The average molecular weight is 420 g/mol. The van der Waals surface area contributed by atoms with Gasteiger partial charge in [0.25, 0.3) is 0 Å². The molecule has 1 aliphatic rings. The zero-order valence-corrected chi connectivity index (χ0v) is 15.4. The van der Waals surface area contributed by atoms with Crippen LogP contribution in [-0.4, -0.2) is 49.3 Å². The summed E-state index contributed by atoms with van der Waals surface area (Å²) in [6, 6.07) is 3.81. The van der Waals surface area contributed by atoms with Gasteiger partial charge in [0.15, 0.2) is 5.96 Å². The molecule has 1 saturated heterocycles. The number of halogens is 1. The number of pyridine rings is 1. The predicted molar refractivity (Wildman–Crippen MR) is 97.8 cm³/mol. The van der Waals surface area contributed by atoms with Gasteiger partial charge in [-0.2, -0.15) is 0 Å². The van der Waals surface area contributed by atoms with E-state index >= 15 is 0 Å². The molecule has 1 aliphatic heterocycles. The summed E-state index contributed by atoms with van der Waals surface area (Å²) in [6.07, 6.45) is 5.46. The number of rotatable bonds is 6. The van der Waals surface area contributed by atoms with Crippen molar-refractivity contribution in [3.05, 3.63) is 23.9 Å². The molecule has 7 heteroatoms. The molecule has 1 aromatic heterocycles. The van der Waals surface area contributed by atoms with E-state index in [-0.39, 0.29) is 24.0 Å². The van der Waals surface area contributed by atoms with E-state index in [2.05, 4.69) is 14.9 Å². The Balaban J connectivity index is 0.00000242. The molecule has 2 heterocycles. The molecule has 0 aliphatic carbocycles. The number of likely N-dealkylation sites (tertiary alicyclic amines) is 1. The lowest BCUT2D eigenvalue weighted by Gasteiger charge is -2.27. The molecule has 0 bridgehead atoms. The van der Waals surface area contributed by atoms with Gasteiger partial charge in [0.05, 0.1) is 13.2 Å². The van der Waals surface area contributed by atoms with E-state index in [4.69, 9.17) is 15.2 Å². The zero-order valence-electron chi connectivity index (χ0n) is 13.0. The fourth-order valence-corrected chi connectivity index (χ4v) is 2.21. The van der Waals surface area contributed by atoms with E-state index in [0.29, 0.717) is 31.6 Å². The molecule has 22 heavy (non-hydrogen) atoms. The van der Waals surface area contributed by atoms with Crippen LogP contribution in [0.4, 0.5) is 0 Å². The molecule has 0 unspecified atom stereocenters. The van der Waals surface area contributed by atoms with Gasteiger partial charge in [-0.15, -0.1) is 24.0 Å². The van der Waals surface area contributed by atoms with Crippen molar-refractivity contribution in [1.82, 2.24) is 9.88 Å². The minimum absolute atomic E-state index is 0. The van der Waals surface area contributed by atoms with E-state index in [1.165, 1.54) is 19.3 Å². The summed E-state index contributed by atoms with van der Waals surface area (Å²) in [6.45, 7) is 3.64. The highest BCUT2D eigenvalue weighted by atomic mass is 127. The lowest BCUT2D eigenvalue weighted by atomic mass is 10.1. The minimum Gasteiger partial charge on any atom is -0.475 e. The van der Waals surface area contributed by atoms with Crippen molar-refractivity contribution in [2.45, 2.75) is 25.8 Å². The van der Waals surface area contributed by atoms with Crippen LogP contribution >= 0.6 is 24.0 Å². The maximum Gasteiger partial charge on any atom is 0.213 e. The second-order valence-electron chi connectivity index (χ2n) is 5.07. The van der Waals surface area contributed by atoms with Crippen LogP contribution in [0, 0.1) is 0 Å². The van der Waals surface area contributed by atoms with Gasteiger partial charge in [0, 0.05) is 32.5 Å². The van der Waals surface area contributed by atoms with Crippen molar-refractivity contribution in [1.29, 1.82) is 0 Å². The van der Waals surface area contributed by atoms with Gasteiger partial charge in [-0.05, 0) is 24.8 Å². The summed E-state index contributed by atoms with van der Waals surface area (Å²) >= 11 is 0. The van der Waals surface area contributed by atoms with Gasteiger partial charge in [0.2, 0.25) is 5.88 Å². The number of nitrogens with zero attached hydrogens (tertiary/aromatic N) is 3. The van der Waals surface area contributed by atoms with E-state index < -0.39 is 0 Å². The average Bonchev–Trinajstić information content (AvgIpc) is 2.55. The van der Waals surface area contributed by atoms with Gasteiger partial charge in [0.1, 0.15) is 6.61 Å². The summed E-state index contributed by atoms with van der Waals surface area (Å²) in [4.78, 5) is 10.8. The van der Waals surface area contributed by atoms with Crippen molar-refractivity contribution >= 4 is 29.9 Å². The quantitative estimate of drug-likeness (QED) is 0.330. The SMILES string of the molecule is COCCOc1ccc(CN=C(N)N2CCCCC2)cn1.I.